The number of benzene rings is 1. The van der Waals surface area contributed by atoms with E-state index in [4.69, 9.17) is 11.6 Å². The number of nitro groups is 1. The topological polar surface area (TPSA) is 80.5 Å². The summed E-state index contributed by atoms with van der Waals surface area (Å²) in [5, 5.41) is 13.2. The van der Waals surface area contributed by atoms with Crippen LogP contribution in [0.15, 0.2) is 40.6 Å². The van der Waals surface area contributed by atoms with Crippen LogP contribution in [0.3, 0.4) is 0 Å². The first-order valence-electron chi connectivity index (χ1n) is 6.90. The van der Waals surface area contributed by atoms with Crippen molar-refractivity contribution in [2.24, 2.45) is 0 Å². The van der Waals surface area contributed by atoms with Crippen LogP contribution in [0.1, 0.15) is 23.8 Å². The Kier molecular flexibility index (Phi) is 4.41. The van der Waals surface area contributed by atoms with Gasteiger partial charge in [0, 0.05) is 22.5 Å². The number of hydrogen-bond donors (Lipinski definition) is 0. The van der Waals surface area contributed by atoms with Crippen molar-refractivity contribution in [3.8, 4) is 0 Å². The molecular weight excluding hydrogens is 360 g/mol. The summed E-state index contributed by atoms with van der Waals surface area (Å²) in [5.41, 5.74) is -0.491. The number of nitrogens with zero attached hydrogens (tertiary/aromatic N) is 2. The minimum atomic E-state index is -3.97. The molecule has 1 saturated heterocycles. The zero-order chi connectivity index (χ0) is 16.6. The molecule has 0 bridgehead atoms. The SMILES string of the molecule is O=[N+]([O-])c1cc(Cl)ccc1S(=O)(=O)N1CCCC1c1cccs1. The first-order chi connectivity index (χ1) is 10.9. The van der Waals surface area contributed by atoms with Crippen LogP contribution in [0.4, 0.5) is 5.69 Å². The van der Waals surface area contributed by atoms with Crippen molar-refractivity contribution < 1.29 is 13.3 Å². The van der Waals surface area contributed by atoms with Gasteiger partial charge in [-0.3, -0.25) is 10.1 Å². The zero-order valence-electron chi connectivity index (χ0n) is 11.9. The van der Waals surface area contributed by atoms with Crippen LogP contribution in [0, 0.1) is 10.1 Å². The van der Waals surface area contributed by atoms with Crippen LogP contribution >= 0.6 is 22.9 Å². The van der Waals surface area contributed by atoms with E-state index in [-0.39, 0.29) is 16.0 Å². The van der Waals surface area contributed by atoms with Gasteiger partial charge in [0.1, 0.15) is 0 Å². The summed E-state index contributed by atoms with van der Waals surface area (Å²) in [5.74, 6) is 0. The number of hydrogen-bond acceptors (Lipinski definition) is 5. The Balaban J connectivity index is 2.07. The molecule has 0 spiro atoms. The lowest BCUT2D eigenvalue weighted by atomic mass is 10.2. The third-order valence-electron chi connectivity index (χ3n) is 3.78. The van der Waals surface area contributed by atoms with Crippen LogP contribution < -0.4 is 0 Å². The highest BCUT2D eigenvalue weighted by Gasteiger charge is 2.39. The maximum atomic E-state index is 13.0. The van der Waals surface area contributed by atoms with Gasteiger partial charge >= 0.3 is 0 Å². The minimum absolute atomic E-state index is 0.131. The van der Waals surface area contributed by atoms with E-state index in [1.165, 1.54) is 27.8 Å². The molecule has 1 aromatic heterocycles. The summed E-state index contributed by atoms with van der Waals surface area (Å²) < 4.78 is 27.3. The fourth-order valence-electron chi connectivity index (χ4n) is 2.77. The van der Waals surface area contributed by atoms with Gasteiger partial charge < -0.3 is 0 Å². The fourth-order valence-corrected chi connectivity index (χ4v) is 5.69. The first kappa shape index (κ1) is 16.4. The molecular formula is C14H13ClN2O4S2. The van der Waals surface area contributed by atoms with Gasteiger partial charge in [-0.05, 0) is 36.4 Å². The minimum Gasteiger partial charge on any atom is -0.258 e. The summed E-state index contributed by atoms with van der Waals surface area (Å²) in [6.45, 7) is 0.352. The number of nitro benzene ring substituents is 1. The molecule has 1 aliphatic heterocycles. The highest BCUT2D eigenvalue weighted by molar-refractivity contribution is 7.89. The molecule has 0 aliphatic carbocycles. The lowest BCUT2D eigenvalue weighted by Crippen LogP contribution is -2.30. The van der Waals surface area contributed by atoms with E-state index >= 15 is 0 Å². The summed E-state index contributed by atoms with van der Waals surface area (Å²) in [4.78, 5) is 11.1. The summed E-state index contributed by atoms with van der Waals surface area (Å²) in [7, 11) is -3.97. The molecule has 6 nitrogen and oxygen atoms in total. The normalized spacial score (nSPS) is 19.1. The van der Waals surface area contributed by atoms with E-state index in [1.54, 1.807) is 0 Å². The maximum absolute atomic E-state index is 13.0. The van der Waals surface area contributed by atoms with Gasteiger partial charge in [0.05, 0.1) is 11.0 Å². The van der Waals surface area contributed by atoms with E-state index in [9.17, 15) is 18.5 Å². The van der Waals surface area contributed by atoms with Crippen molar-refractivity contribution in [3.05, 3.63) is 55.7 Å². The molecule has 0 saturated carbocycles. The molecule has 0 amide bonds. The second-order valence-corrected chi connectivity index (χ2v) is 8.43. The van der Waals surface area contributed by atoms with Crippen molar-refractivity contribution in [3.63, 3.8) is 0 Å². The van der Waals surface area contributed by atoms with Crippen LogP contribution in [0.2, 0.25) is 5.02 Å². The third kappa shape index (κ3) is 2.99. The Bertz CT molecular complexity index is 836. The van der Waals surface area contributed by atoms with Crippen LogP contribution in [0.5, 0.6) is 0 Å². The third-order valence-corrected chi connectivity index (χ3v) is 6.94. The Morgan fingerprint density at radius 1 is 1.35 bits per heavy atom. The van der Waals surface area contributed by atoms with Crippen molar-refractivity contribution in [1.82, 2.24) is 4.31 Å². The summed E-state index contributed by atoms with van der Waals surface area (Å²) in [6.07, 6.45) is 1.43. The van der Waals surface area contributed by atoms with E-state index in [0.29, 0.717) is 13.0 Å². The van der Waals surface area contributed by atoms with Crippen molar-refractivity contribution in [2.45, 2.75) is 23.8 Å². The second-order valence-electron chi connectivity index (χ2n) is 5.16. The molecule has 1 aromatic carbocycles. The van der Waals surface area contributed by atoms with Crippen LogP contribution in [-0.4, -0.2) is 24.2 Å². The van der Waals surface area contributed by atoms with Gasteiger partial charge in [-0.2, -0.15) is 4.31 Å². The standard InChI is InChI=1S/C14H13ClN2O4S2/c15-10-5-6-14(12(9-10)17(18)19)23(20,21)16-7-1-3-11(16)13-4-2-8-22-13/h2,4-6,8-9,11H,1,3,7H2. The van der Waals surface area contributed by atoms with Gasteiger partial charge in [-0.25, -0.2) is 8.42 Å². The molecule has 1 fully saturated rings. The molecule has 0 N–H and O–H groups in total. The van der Waals surface area contributed by atoms with Gasteiger partial charge in [-0.15, -0.1) is 11.3 Å². The number of thiophene rings is 1. The van der Waals surface area contributed by atoms with E-state index < -0.39 is 20.6 Å². The van der Waals surface area contributed by atoms with Gasteiger partial charge in [0.2, 0.25) is 10.0 Å². The molecule has 1 atom stereocenters. The Morgan fingerprint density at radius 3 is 2.78 bits per heavy atom. The maximum Gasteiger partial charge on any atom is 0.290 e. The predicted octanol–water partition coefficient (Wildman–Crippen LogP) is 3.84. The monoisotopic (exact) mass is 372 g/mol. The number of sulfonamides is 1. The zero-order valence-corrected chi connectivity index (χ0v) is 14.3. The molecule has 9 heteroatoms. The Hall–Kier alpha value is -1.48. The lowest BCUT2D eigenvalue weighted by Gasteiger charge is -2.23. The van der Waals surface area contributed by atoms with Crippen LogP contribution in [0.25, 0.3) is 0 Å². The van der Waals surface area contributed by atoms with Gasteiger partial charge in [0.15, 0.2) is 4.90 Å². The molecule has 23 heavy (non-hydrogen) atoms. The van der Waals surface area contributed by atoms with E-state index in [1.807, 2.05) is 17.5 Å². The Labute approximate surface area is 142 Å². The smallest absolute Gasteiger partial charge is 0.258 e. The van der Waals surface area contributed by atoms with E-state index in [0.717, 1.165) is 17.4 Å². The van der Waals surface area contributed by atoms with Crippen LogP contribution in [-0.2, 0) is 10.0 Å². The largest absolute Gasteiger partial charge is 0.290 e. The average molecular weight is 373 g/mol. The summed E-state index contributed by atoms with van der Waals surface area (Å²) in [6, 6.07) is 7.13. The quantitative estimate of drug-likeness (QED) is 0.603. The first-order valence-corrected chi connectivity index (χ1v) is 9.60. The van der Waals surface area contributed by atoms with Crippen molar-refractivity contribution in [1.29, 1.82) is 0 Å². The fraction of sp³-hybridized carbons (Fsp3) is 0.286. The Morgan fingerprint density at radius 2 is 2.13 bits per heavy atom. The lowest BCUT2D eigenvalue weighted by molar-refractivity contribution is -0.387. The summed E-state index contributed by atoms with van der Waals surface area (Å²) >= 11 is 7.26. The molecule has 0 radical (unpaired) electrons. The van der Waals surface area contributed by atoms with Gasteiger partial charge in [-0.1, -0.05) is 17.7 Å². The van der Waals surface area contributed by atoms with Crippen molar-refractivity contribution >= 4 is 38.6 Å². The molecule has 122 valence electrons. The molecule has 1 aliphatic rings. The van der Waals surface area contributed by atoms with Gasteiger partial charge in [0.25, 0.3) is 5.69 Å². The predicted molar refractivity (Wildman–Crippen MR) is 88.3 cm³/mol. The molecule has 1 unspecified atom stereocenters. The highest BCUT2D eigenvalue weighted by Crippen LogP contribution is 2.40. The molecule has 3 rings (SSSR count). The van der Waals surface area contributed by atoms with Crippen molar-refractivity contribution in [2.75, 3.05) is 6.54 Å². The molecule has 2 aromatic rings. The highest BCUT2D eigenvalue weighted by atomic mass is 35.5. The molecule has 2 heterocycles. The number of rotatable bonds is 4. The average Bonchev–Trinajstić information content (AvgIpc) is 3.17. The second kappa shape index (κ2) is 6.20. The van der Waals surface area contributed by atoms with E-state index in [2.05, 4.69) is 0 Å². The number of halogens is 1.